The summed E-state index contributed by atoms with van der Waals surface area (Å²) in [6.07, 6.45) is 0. The third-order valence-electron chi connectivity index (χ3n) is 14.2. The van der Waals surface area contributed by atoms with Crippen molar-refractivity contribution < 1.29 is 0 Å². The van der Waals surface area contributed by atoms with E-state index in [1.165, 1.54) is 43.6 Å². The van der Waals surface area contributed by atoms with E-state index >= 15 is 0 Å². The molecule has 3 aromatic heterocycles. The van der Waals surface area contributed by atoms with E-state index < -0.39 is 0 Å². The SMILES string of the molecule is c1ccc(N(c2ccc(-c3nc4ccccc4nc3-c3ccc(N(c4ccccc4)c4cccc(-n5c6ccccc6c6ccccc65)c4)cc3)cc2)c2cccc(-n3c4ccccc4c4ccccc43)c2)cc1. The van der Waals surface area contributed by atoms with Gasteiger partial charge in [-0.15, -0.1) is 0 Å². The topological polar surface area (TPSA) is 42.1 Å². The van der Waals surface area contributed by atoms with E-state index in [4.69, 9.17) is 9.97 Å². The lowest BCUT2D eigenvalue weighted by Crippen LogP contribution is -2.10. The van der Waals surface area contributed by atoms with Gasteiger partial charge in [-0.2, -0.15) is 0 Å². The van der Waals surface area contributed by atoms with Crippen LogP contribution in [0.5, 0.6) is 0 Å². The van der Waals surface area contributed by atoms with Crippen LogP contribution in [0.2, 0.25) is 0 Å². The number of nitrogens with zero attached hydrogens (tertiary/aromatic N) is 6. The molecule has 0 saturated heterocycles. The third-order valence-corrected chi connectivity index (χ3v) is 14.2. The van der Waals surface area contributed by atoms with Gasteiger partial charge in [0.15, 0.2) is 0 Å². The van der Waals surface area contributed by atoms with Crippen LogP contribution in [0, 0.1) is 0 Å². The number of benzene rings is 11. The number of anilines is 6. The van der Waals surface area contributed by atoms with E-state index in [-0.39, 0.29) is 0 Å². The second-order valence-electron chi connectivity index (χ2n) is 18.6. The van der Waals surface area contributed by atoms with Gasteiger partial charge in [-0.25, -0.2) is 9.97 Å². The van der Waals surface area contributed by atoms with Crippen molar-refractivity contribution >= 4 is 88.8 Å². The molecule has 0 unspecified atom stereocenters. The molecule has 74 heavy (non-hydrogen) atoms. The number of hydrogen-bond donors (Lipinski definition) is 0. The van der Waals surface area contributed by atoms with E-state index in [1.54, 1.807) is 0 Å². The van der Waals surface area contributed by atoms with E-state index in [0.717, 1.165) is 79.0 Å². The fourth-order valence-corrected chi connectivity index (χ4v) is 10.9. The van der Waals surface area contributed by atoms with Crippen molar-refractivity contribution in [2.45, 2.75) is 0 Å². The van der Waals surface area contributed by atoms with Gasteiger partial charge >= 0.3 is 0 Å². The fourth-order valence-electron chi connectivity index (χ4n) is 10.9. The summed E-state index contributed by atoms with van der Waals surface area (Å²) >= 11 is 0. The fraction of sp³-hybridized carbons (Fsp3) is 0. The minimum atomic E-state index is 0.821. The molecule has 0 bridgehead atoms. The van der Waals surface area contributed by atoms with Crippen LogP contribution < -0.4 is 9.80 Å². The third kappa shape index (κ3) is 7.35. The summed E-state index contributed by atoms with van der Waals surface area (Å²) < 4.78 is 4.75. The molecule has 0 fully saturated rings. The molecule has 6 nitrogen and oxygen atoms in total. The molecule has 348 valence electrons. The highest BCUT2D eigenvalue weighted by molar-refractivity contribution is 6.10. The predicted octanol–water partition coefficient (Wildman–Crippen LogP) is 18.1. The number of aromatic nitrogens is 4. The van der Waals surface area contributed by atoms with Gasteiger partial charge in [0.2, 0.25) is 0 Å². The summed E-state index contributed by atoms with van der Waals surface area (Å²) in [5.41, 5.74) is 18.5. The molecular formula is C68H46N6. The molecule has 0 N–H and O–H groups in total. The summed E-state index contributed by atoms with van der Waals surface area (Å²) in [7, 11) is 0. The molecule has 0 saturated carbocycles. The van der Waals surface area contributed by atoms with Crippen LogP contribution in [-0.2, 0) is 0 Å². The Bertz CT molecular complexity index is 3980. The highest BCUT2D eigenvalue weighted by atomic mass is 15.2. The Morgan fingerprint density at radius 2 is 0.541 bits per heavy atom. The van der Waals surface area contributed by atoms with Crippen LogP contribution in [0.4, 0.5) is 34.1 Å². The Kier molecular flexibility index (Phi) is 10.4. The van der Waals surface area contributed by atoms with E-state index in [0.29, 0.717) is 0 Å². The van der Waals surface area contributed by atoms with Gasteiger partial charge in [-0.3, -0.25) is 0 Å². The van der Waals surface area contributed by atoms with Crippen LogP contribution in [0.3, 0.4) is 0 Å². The minimum Gasteiger partial charge on any atom is -0.310 e. The average Bonchev–Trinajstić information content (AvgIpc) is 4.00. The Hall–Kier alpha value is -10.0. The first kappa shape index (κ1) is 42.8. The number of rotatable bonds is 10. The van der Waals surface area contributed by atoms with Gasteiger partial charge in [0.25, 0.3) is 0 Å². The Morgan fingerprint density at radius 3 is 0.905 bits per heavy atom. The van der Waals surface area contributed by atoms with Gasteiger partial charge in [0, 0.05) is 78.2 Å². The maximum atomic E-state index is 5.34. The molecule has 3 heterocycles. The summed E-state index contributed by atoms with van der Waals surface area (Å²) in [6.45, 7) is 0. The summed E-state index contributed by atoms with van der Waals surface area (Å²) in [4.78, 5) is 15.3. The molecule has 6 heteroatoms. The van der Waals surface area contributed by atoms with Gasteiger partial charge < -0.3 is 18.9 Å². The lowest BCUT2D eigenvalue weighted by atomic mass is 10.0. The Labute approximate surface area is 428 Å². The van der Waals surface area contributed by atoms with Gasteiger partial charge in [0.1, 0.15) is 0 Å². The monoisotopic (exact) mass is 946 g/mol. The standard InChI is InChI=1S/C68H46N6/c1-3-19-49(20-4-1)71(53-23-17-25-55(45-53)73-63-33-13-7-27-57(63)58-28-8-14-34-64(58)73)51-41-37-47(38-42-51)67-68(70-62-32-12-11-31-61(62)69-67)48-39-43-52(44-40-48)72(50-21-5-2-6-22-50)54-24-18-26-56(46-54)74-65-35-15-9-29-59(65)60-30-10-16-36-66(60)74/h1-46H. The normalized spacial score (nSPS) is 11.5. The largest absolute Gasteiger partial charge is 0.310 e. The van der Waals surface area contributed by atoms with Crippen LogP contribution >= 0.6 is 0 Å². The summed E-state index contributed by atoms with van der Waals surface area (Å²) in [6, 6.07) is 99.1. The Morgan fingerprint density at radius 1 is 0.243 bits per heavy atom. The maximum absolute atomic E-state index is 5.34. The van der Waals surface area contributed by atoms with Gasteiger partial charge in [0.05, 0.1) is 44.5 Å². The number of fused-ring (bicyclic) bond motifs is 7. The number of para-hydroxylation sites is 8. The number of hydrogen-bond acceptors (Lipinski definition) is 4. The van der Waals surface area contributed by atoms with Crippen LogP contribution in [-0.4, -0.2) is 19.1 Å². The molecule has 0 aliphatic heterocycles. The van der Waals surface area contributed by atoms with Crippen molar-refractivity contribution in [3.63, 3.8) is 0 Å². The van der Waals surface area contributed by atoms with Gasteiger partial charge in [-0.1, -0.05) is 158 Å². The highest BCUT2D eigenvalue weighted by Crippen LogP contribution is 2.42. The van der Waals surface area contributed by atoms with Crippen LogP contribution in [0.25, 0.3) is 88.5 Å². The minimum absolute atomic E-state index is 0.821. The van der Waals surface area contributed by atoms with E-state index in [1.807, 2.05) is 24.3 Å². The second-order valence-corrected chi connectivity index (χ2v) is 18.6. The quantitative estimate of drug-likeness (QED) is 0.137. The van der Waals surface area contributed by atoms with Crippen molar-refractivity contribution in [3.05, 3.63) is 279 Å². The van der Waals surface area contributed by atoms with Gasteiger partial charge in [-0.05, 0) is 121 Å². The van der Waals surface area contributed by atoms with Crippen molar-refractivity contribution in [2.75, 3.05) is 9.80 Å². The molecule has 0 aliphatic carbocycles. The molecule has 0 atom stereocenters. The summed E-state index contributed by atoms with van der Waals surface area (Å²) in [5, 5.41) is 4.96. The molecule has 0 aliphatic rings. The first-order valence-corrected chi connectivity index (χ1v) is 25.1. The van der Waals surface area contributed by atoms with Crippen molar-refractivity contribution in [3.8, 4) is 33.9 Å². The first-order valence-electron chi connectivity index (χ1n) is 25.1. The molecule has 0 radical (unpaired) electrons. The molecule has 0 amide bonds. The Balaban J connectivity index is 0.844. The zero-order valence-corrected chi connectivity index (χ0v) is 40.2. The van der Waals surface area contributed by atoms with Crippen molar-refractivity contribution in [1.29, 1.82) is 0 Å². The van der Waals surface area contributed by atoms with Crippen LogP contribution in [0.15, 0.2) is 279 Å². The van der Waals surface area contributed by atoms with E-state index in [2.05, 4.69) is 274 Å². The lowest BCUT2D eigenvalue weighted by molar-refractivity contribution is 1.17. The van der Waals surface area contributed by atoms with Crippen molar-refractivity contribution in [1.82, 2.24) is 19.1 Å². The zero-order chi connectivity index (χ0) is 49.0. The average molecular weight is 947 g/mol. The smallest absolute Gasteiger partial charge is 0.0973 e. The molecule has 0 spiro atoms. The molecule has 14 aromatic rings. The predicted molar refractivity (Wildman–Crippen MR) is 308 cm³/mol. The first-order chi connectivity index (χ1) is 36.7. The summed E-state index contributed by atoms with van der Waals surface area (Å²) in [5.74, 6) is 0. The maximum Gasteiger partial charge on any atom is 0.0973 e. The molecule has 11 aromatic carbocycles. The zero-order valence-electron chi connectivity index (χ0n) is 40.2. The lowest BCUT2D eigenvalue weighted by Gasteiger charge is -2.26. The molecule has 14 rings (SSSR count). The molecular weight excluding hydrogens is 901 g/mol. The highest BCUT2D eigenvalue weighted by Gasteiger charge is 2.21. The van der Waals surface area contributed by atoms with Crippen molar-refractivity contribution in [2.24, 2.45) is 0 Å². The van der Waals surface area contributed by atoms with E-state index in [9.17, 15) is 0 Å². The van der Waals surface area contributed by atoms with Crippen LogP contribution in [0.1, 0.15) is 0 Å². The second kappa shape index (κ2) is 18.0.